The van der Waals surface area contributed by atoms with Gasteiger partial charge in [0.05, 0.1) is 6.21 Å². The van der Waals surface area contributed by atoms with Gasteiger partial charge >= 0.3 is 11.8 Å². The number of nitrogens with one attached hydrogen (secondary N) is 1. The second kappa shape index (κ2) is 6.63. The van der Waals surface area contributed by atoms with Crippen molar-refractivity contribution in [1.82, 2.24) is 15.3 Å². The highest BCUT2D eigenvalue weighted by Crippen LogP contribution is 2.08. The third kappa shape index (κ3) is 3.87. The van der Waals surface area contributed by atoms with Crippen LogP contribution >= 0.6 is 0 Å². The molecule has 0 atom stereocenters. The maximum absolute atomic E-state index is 11.8. The number of amides is 2. The number of rotatable bonds is 2. The minimum absolute atomic E-state index is 0.511. The third-order valence-electron chi connectivity index (χ3n) is 2.90. The second-order valence-corrected chi connectivity index (χ2v) is 4.34. The first-order chi connectivity index (χ1) is 9.27. The first-order valence-corrected chi connectivity index (χ1v) is 6.30. The van der Waals surface area contributed by atoms with E-state index in [0.29, 0.717) is 13.1 Å². The van der Waals surface area contributed by atoms with E-state index < -0.39 is 11.8 Å². The van der Waals surface area contributed by atoms with Crippen LogP contribution in [-0.4, -0.2) is 41.0 Å². The highest BCUT2D eigenvalue weighted by atomic mass is 16.2. The molecule has 1 saturated heterocycles. The van der Waals surface area contributed by atoms with Gasteiger partial charge < -0.3 is 4.90 Å². The predicted octanol–water partition coefficient (Wildman–Crippen LogP) is 0.544. The van der Waals surface area contributed by atoms with Crippen LogP contribution in [0.5, 0.6) is 0 Å². The van der Waals surface area contributed by atoms with Crippen molar-refractivity contribution < 1.29 is 9.59 Å². The predicted molar refractivity (Wildman–Crippen MR) is 70.4 cm³/mol. The first kappa shape index (κ1) is 13.2. The fraction of sp³-hybridized carbons (Fsp3) is 0.385. The summed E-state index contributed by atoms with van der Waals surface area (Å²) in [6.07, 6.45) is 7.74. The van der Waals surface area contributed by atoms with E-state index in [4.69, 9.17) is 0 Å². The van der Waals surface area contributed by atoms with Crippen molar-refractivity contribution in [3.63, 3.8) is 0 Å². The molecule has 0 aromatic carbocycles. The molecule has 0 spiro atoms. The van der Waals surface area contributed by atoms with Gasteiger partial charge in [0.15, 0.2) is 0 Å². The molecule has 0 unspecified atom stereocenters. The van der Waals surface area contributed by atoms with Crippen LogP contribution in [-0.2, 0) is 9.59 Å². The van der Waals surface area contributed by atoms with Gasteiger partial charge in [0, 0.05) is 31.0 Å². The lowest BCUT2D eigenvalue weighted by atomic mass is 10.1. The van der Waals surface area contributed by atoms with Crippen LogP contribution < -0.4 is 5.43 Å². The Labute approximate surface area is 111 Å². The molecule has 100 valence electrons. The highest BCUT2D eigenvalue weighted by Gasteiger charge is 2.22. The molecule has 2 amide bonds. The van der Waals surface area contributed by atoms with Crippen molar-refractivity contribution in [2.24, 2.45) is 5.10 Å². The van der Waals surface area contributed by atoms with Crippen molar-refractivity contribution in [2.45, 2.75) is 19.3 Å². The molecule has 6 nitrogen and oxygen atoms in total. The average molecular weight is 260 g/mol. The minimum Gasteiger partial charge on any atom is -0.334 e. The first-order valence-electron chi connectivity index (χ1n) is 6.30. The average Bonchev–Trinajstić information content (AvgIpc) is 2.48. The Morgan fingerprint density at radius 1 is 1.32 bits per heavy atom. The number of hydrogen-bond acceptors (Lipinski definition) is 4. The summed E-state index contributed by atoms with van der Waals surface area (Å²) in [7, 11) is 0. The monoisotopic (exact) mass is 260 g/mol. The number of hydrogen-bond donors (Lipinski definition) is 1. The zero-order chi connectivity index (χ0) is 13.5. The fourth-order valence-corrected chi connectivity index (χ4v) is 1.91. The van der Waals surface area contributed by atoms with Gasteiger partial charge in [-0.1, -0.05) is 6.07 Å². The Morgan fingerprint density at radius 3 is 2.79 bits per heavy atom. The van der Waals surface area contributed by atoms with Gasteiger partial charge in [-0.2, -0.15) is 5.10 Å². The molecule has 19 heavy (non-hydrogen) atoms. The van der Waals surface area contributed by atoms with E-state index in [2.05, 4.69) is 15.5 Å². The fourth-order valence-electron chi connectivity index (χ4n) is 1.91. The summed E-state index contributed by atoms with van der Waals surface area (Å²) in [5, 5.41) is 3.75. The van der Waals surface area contributed by atoms with Crippen LogP contribution in [0.2, 0.25) is 0 Å². The van der Waals surface area contributed by atoms with E-state index in [-0.39, 0.29) is 0 Å². The summed E-state index contributed by atoms with van der Waals surface area (Å²) < 4.78 is 0. The Bertz CT molecular complexity index is 467. The number of likely N-dealkylation sites (tertiary alicyclic amines) is 1. The summed E-state index contributed by atoms with van der Waals surface area (Å²) in [6.45, 7) is 1.30. The van der Waals surface area contributed by atoms with Crippen molar-refractivity contribution in [3.8, 4) is 0 Å². The van der Waals surface area contributed by atoms with E-state index in [1.54, 1.807) is 29.4 Å². The molecule has 1 fully saturated rings. The molecule has 2 rings (SSSR count). The van der Waals surface area contributed by atoms with Crippen molar-refractivity contribution in [1.29, 1.82) is 0 Å². The third-order valence-corrected chi connectivity index (χ3v) is 2.90. The number of pyridine rings is 1. The summed E-state index contributed by atoms with van der Waals surface area (Å²) in [6, 6.07) is 3.57. The summed E-state index contributed by atoms with van der Waals surface area (Å²) in [5.74, 6) is -1.20. The number of aromatic nitrogens is 1. The van der Waals surface area contributed by atoms with Gasteiger partial charge in [-0.05, 0) is 25.3 Å². The molecule has 1 aromatic heterocycles. The molecule has 1 aliphatic rings. The Morgan fingerprint density at radius 2 is 2.11 bits per heavy atom. The molecular formula is C13H16N4O2. The van der Waals surface area contributed by atoms with Gasteiger partial charge in [0.1, 0.15) is 0 Å². The van der Waals surface area contributed by atoms with Crippen molar-refractivity contribution in [3.05, 3.63) is 30.1 Å². The maximum atomic E-state index is 11.8. The number of carbonyl (C=O) groups is 2. The molecule has 1 N–H and O–H groups in total. The van der Waals surface area contributed by atoms with E-state index in [1.807, 2.05) is 0 Å². The Kier molecular flexibility index (Phi) is 4.60. The minimum atomic E-state index is -0.693. The van der Waals surface area contributed by atoms with Crippen LogP contribution in [0, 0.1) is 0 Å². The van der Waals surface area contributed by atoms with Gasteiger partial charge in [-0.25, -0.2) is 5.43 Å². The van der Waals surface area contributed by atoms with Crippen LogP contribution in [0.1, 0.15) is 24.8 Å². The van der Waals surface area contributed by atoms with Gasteiger partial charge in [0.2, 0.25) is 0 Å². The number of carbonyl (C=O) groups excluding carboxylic acids is 2. The van der Waals surface area contributed by atoms with Crippen LogP contribution in [0.4, 0.5) is 0 Å². The molecule has 0 radical (unpaired) electrons. The van der Waals surface area contributed by atoms with Crippen molar-refractivity contribution >= 4 is 18.0 Å². The highest BCUT2D eigenvalue weighted by molar-refractivity contribution is 6.35. The van der Waals surface area contributed by atoms with E-state index in [1.165, 1.54) is 6.21 Å². The van der Waals surface area contributed by atoms with Gasteiger partial charge in [-0.3, -0.25) is 14.6 Å². The molecular weight excluding hydrogens is 244 g/mol. The van der Waals surface area contributed by atoms with E-state index in [9.17, 15) is 9.59 Å². The molecule has 0 saturated carbocycles. The summed E-state index contributed by atoms with van der Waals surface area (Å²) in [5.41, 5.74) is 3.00. The standard InChI is InChI=1S/C13H16N4O2/c18-12(13(19)17-7-2-1-3-8-17)16-15-10-11-5-4-6-14-9-11/h4-6,9-10H,1-3,7-8H2,(H,16,18). The van der Waals surface area contributed by atoms with Gasteiger partial charge in [-0.15, -0.1) is 0 Å². The molecule has 1 aliphatic heterocycles. The SMILES string of the molecule is O=C(NN=Cc1cccnc1)C(=O)N1CCCCC1. The zero-order valence-electron chi connectivity index (χ0n) is 10.6. The molecule has 0 bridgehead atoms. The smallest absolute Gasteiger partial charge is 0.329 e. The lowest BCUT2D eigenvalue weighted by molar-refractivity contribution is -0.146. The molecule has 2 heterocycles. The van der Waals surface area contributed by atoms with Gasteiger partial charge in [0.25, 0.3) is 0 Å². The number of hydrazone groups is 1. The van der Waals surface area contributed by atoms with Crippen LogP contribution in [0.25, 0.3) is 0 Å². The maximum Gasteiger partial charge on any atom is 0.329 e. The van der Waals surface area contributed by atoms with Crippen molar-refractivity contribution in [2.75, 3.05) is 13.1 Å². The summed E-state index contributed by atoms with van der Waals surface area (Å²) >= 11 is 0. The Balaban J connectivity index is 1.83. The zero-order valence-corrected chi connectivity index (χ0v) is 10.6. The quantitative estimate of drug-likeness (QED) is 0.479. The number of piperidine rings is 1. The Hall–Kier alpha value is -2.24. The number of nitrogens with zero attached hydrogens (tertiary/aromatic N) is 3. The van der Waals surface area contributed by atoms with E-state index in [0.717, 1.165) is 24.8 Å². The van der Waals surface area contributed by atoms with Crippen LogP contribution in [0.3, 0.4) is 0 Å². The largest absolute Gasteiger partial charge is 0.334 e. The molecule has 1 aromatic rings. The lowest BCUT2D eigenvalue weighted by Crippen LogP contribution is -2.43. The lowest BCUT2D eigenvalue weighted by Gasteiger charge is -2.25. The molecule has 6 heteroatoms. The van der Waals surface area contributed by atoms with E-state index >= 15 is 0 Å². The topological polar surface area (TPSA) is 74.7 Å². The molecule has 0 aliphatic carbocycles. The normalized spacial score (nSPS) is 15.5. The summed E-state index contributed by atoms with van der Waals surface area (Å²) in [4.78, 5) is 28.8. The van der Waals surface area contributed by atoms with Crippen LogP contribution in [0.15, 0.2) is 29.6 Å². The second-order valence-electron chi connectivity index (χ2n) is 4.34.